The average Bonchev–Trinajstić information content (AvgIpc) is 3.28. The second-order valence-corrected chi connectivity index (χ2v) is 6.97. The molecule has 0 spiro atoms. The van der Waals surface area contributed by atoms with E-state index < -0.39 is 0 Å². The molecule has 0 bridgehead atoms. The molecule has 0 saturated carbocycles. The van der Waals surface area contributed by atoms with Crippen LogP contribution < -0.4 is 14.8 Å². The van der Waals surface area contributed by atoms with Crippen molar-refractivity contribution in [3.63, 3.8) is 0 Å². The van der Waals surface area contributed by atoms with E-state index >= 15 is 0 Å². The maximum absolute atomic E-state index is 13.2. The van der Waals surface area contributed by atoms with Crippen LogP contribution in [0.2, 0.25) is 0 Å². The van der Waals surface area contributed by atoms with Crippen molar-refractivity contribution in [3.8, 4) is 17.2 Å². The third-order valence-corrected chi connectivity index (χ3v) is 4.47. The monoisotopic (exact) mass is 396 g/mol. The van der Waals surface area contributed by atoms with Crippen LogP contribution in [-0.4, -0.2) is 41.0 Å². The van der Waals surface area contributed by atoms with Crippen LogP contribution in [0, 0.1) is 12.7 Å². The molecule has 2 aromatic carbocycles. The van der Waals surface area contributed by atoms with Crippen molar-refractivity contribution in [3.05, 3.63) is 65.6 Å². The van der Waals surface area contributed by atoms with Crippen molar-refractivity contribution in [2.75, 3.05) is 25.7 Å². The lowest BCUT2D eigenvalue weighted by Crippen LogP contribution is -2.30. The van der Waals surface area contributed by atoms with E-state index in [1.165, 1.54) is 12.1 Å². The largest absolute Gasteiger partial charge is 0.454 e. The molecule has 2 heterocycles. The minimum Gasteiger partial charge on any atom is -0.454 e. The van der Waals surface area contributed by atoms with E-state index in [2.05, 4.69) is 10.4 Å². The maximum Gasteiger partial charge on any atom is 0.239 e. The summed E-state index contributed by atoms with van der Waals surface area (Å²) in [5.41, 5.74) is 2.44. The Kier molecular flexibility index (Phi) is 5.18. The van der Waals surface area contributed by atoms with E-state index in [4.69, 9.17) is 9.47 Å². The molecule has 1 N–H and O–H groups in total. The number of rotatable bonds is 6. The van der Waals surface area contributed by atoms with Gasteiger partial charge in [-0.05, 0) is 55.9 Å². The van der Waals surface area contributed by atoms with Crippen molar-refractivity contribution >= 4 is 11.7 Å². The molecular formula is C21H21FN4O3. The Morgan fingerprint density at radius 1 is 1.17 bits per heavy atom. The Morgan fingerprint density at radius 3 is 2.72 bits per heavy atom. The number of anilines is 1. The van der Waals surface area contributed by atoms with Crippen LogP contribution in [-0.2, 0) is 11.3 Å². The van der Waals surface area contributed by atoms with Crippen LogP contribution in [0.15, 0.2) is 48.5 Å². The van der Waals surface area contributed by atoms with Crippen LogP contribution in [0.5, 0.6) is 11.5 Å². The number of amides is 1. The standard InChI is InChI=1S/C21H21FN4O3/c1-14-9-20(26(24-14)17-6-4-16(22)5-7-17)23-21(27)12-25(2)11-15-3-8-18-19(10-15)29-13-28-18/h3-10H,11-13H2,1-2H3,(H,23,27). The lowest BCUT2D eigenvalue weighted by atomic mass is 10.2. The molecular weight excluding hydrogens is 375 g/mol. The fourth-order valence-corrected chi connectivity index (χ4v) is 3.20. The van der Waals surface area contributed by atoms with E-state index in [1.54, 1.807) is 22.9 Å². The van der Waals surface area contributed by atoms with Crippen LogP contribution >= 0.6 is 0 Å². The first kappa shape index (κ1) is 18.9. The average molecular weight is 396 g/mol. The maximum atomic E-state index is 13.2. The predicted molar refractivity (Wildman–Crippen MR) is 106 cm³/mol. The zero-order valence-corrected chi connectivity index (χ0v) is 16.2. The van der Waals surface area contributed by atoms with Gasteiger partial charge in [-0.1, -0.05) is 6.07 Å². The van der Waals surface area contributed by atoms with Gasteiger partial charge < -0.3 is 14.8 Å². The van der Waals surface area contributed by atoms with Gasteiger partial charge in [-0.2, -0.15) is 5.10 Å². The molecule has 150 valence electrons. The number of carbonyl (C=O) groups excluding carboxylic acids is 1. The second-order valence-electron chi connectivity index (χ2n) is 6.97. The normalized spacial score (nSPS) is 12.4. The highest BCUT2D eigenvalue weighted by Crippen LogP contribution is 2.32. The molecule has 0 saturated heterocycles. The summed E-state index contributed by atoms with van der Waals surface area (Å²) in [7, 11) is 1.87. The molecule has 7 nitrogen and oxygen atoms in total. The molecule has 8 heteroatoms. The summed E-state index contributed by atoms with van der Waals surface area (Å²) in [5, 5.41) is 7.27. The lowest BCUT2D eigenvalue weighted by Gasteiger charge is -2.17. The van der Waals surface area contributed by atoms with Crippen molar-refractivity contribution in [2.45, 2.75) is 13.5 Å². The minimum absolute atomic E-state index is 0.170. The molecule has 0 atom stereocenters. The highest BCUT2D eigenvalue weighted by molar-refractivity contribution is 5.91. The Hall–Kier alpha value is -3.39. The molecule has 1 aromatic heterocycles. The zero-order chi connectivity index (χ0) is 20.4. The number of carbonyl (C=O) groups is 1. The summed E-state index contributed by atoms with van der Waals surface area (Å²) in [4.78, 5) is 14.4. The first-order valence-corrected chi connectivity index (χ1v) is 9.17. The fraction of sp³-hybridized carbons (Fsp3) is 0.238. The molecule has 4 rings (SSSR count). The lowest BCUT2D eigenvalue weighted by molar-refractivity contribution is -0.117. The SMILES string of the molecule is Cc1cc(NC(=O)CN(C)Cc2ccc3c(c2)OCO3)n(-c2ccc(F)cc2)n1. The van der Waals surface area contributed by atoms with Gasteiger partial charge in [-0.3, -0.25) is 9.69 Å². The first-order chi connectivity index (χ1) is 14.0. The minimum atomic E-state index is -0.326. The quantitative estimate of drug-likeness (QED) is 0.693. The fourth-order valence-electron chi connectivity index (χ4n) is 3.20. The number of aromatic nitrogens is 2. The van der Waals surface area contributed by atoms with Gasteiger partial charge >= 0.3 is 0 Å². The van der Waals surface area contributed by atoms with Crippen molar-refractivity contribution < 1.29 is 18.7 Å². The zero-order valence-electron chi connectivity index (χ0n) is 16.2. The van der Waals surface area contributed by atoms with E-state index in [0.717, 1.165) is 22.8 Å². The molecule has 0 fully saturated rings. The summed E-state index contributed by atoms with van der Waals surface area (Å²) in [6, 6.07) is 13.5. The van der Waals surface area contributed by atoms with E-state index in [1.807, 2.05) is 37.1 Å². The number of hydrogen-bond acceptors (Lipinski definition) is 5. The third kappa shape index (κ3) is 4.38. The van der Waals surface area contributed by atoms with Gasteiger partial charge in [0, 0.05) is 12.6 Å². The highest BCUT2D eigenvalue weighted by Gasteiger charge is 2.16. The summed E-state index contributed by atoms with van der Waals surface area (Å²) in [6.45, 7) is 2.85. The number of hydrogen-bond donors (Lipinski definition) is 1. The van der Waals surface area contributed by atoms with Crippen LogP contribution in [0.4, 0.5) is 10.2 Å². The van der Waals surface area contributed by atoms with E-state index in [0.29, 0.717) is 18.1 Å². The number of benzene rings is 2. The molecule has 0 aliphatic carbocycles. The van der Waals surface area contributed by atoms with Gasteiger partial charge in [0.15, 0.2) is 11.5 Å². The molecule has 29 heavy (non-hydrogen) atoms. The predicted octanol–water partition coefficient (Wildman–Crippen LogP) is 3.12. The Morgan fingerprint density at radius 2 is 1.93 bits per heavy atom. The molecule has 1 aliphatic rings. The molecule has 1 aliphatic heterocycles. The summed E-state index contributed by atoms with van der Waals surface area (Å²) in [5.74, 6) is 1.50. The number of fused-ring (bicyclic) bond motifs is 1. The smallest absolute Gasteiger partial charge is 0.239 e. The van der Waals surface area contributed by atoms with Gasteiger partial charge in [0.1, 0.15) is 11.6 Å². The highest BCUT2D eigenvalue weighted by atomic mass is 19.1. The van der Waals surface area contributed by atoms with Crippen molar-refractivity contribution in [2.24, 2.45) is 0 Å². The topological polar surface area (TPSA) is 68.6 Å². The van der Waals surface area contributed by atoms with Crippen LogP contribution in [0.3, 0.4) is 0 Å². The van der Waals surface area contributed by atoms with E-state index in [-0.39, 0.29) is 25.1 Å². The third-order valence-electron chi connectivity index (χ3n) is 4.47. The number of halogens is 1. The summed E-state index contributed by atoms with van der Waals surface area (Å²) >= 11 is 0. The summed E-state index contributed by atoms with van der Waals surface area (Å²) < 4.78 is 25.5. The van der Waals surface area contributed by atoms with Gasteiger partial charge in [-0.25, -0.2) is 9.07 Å². The molecule has 1 amide bonds. The van der Waals surface area contributed by atoms with Gasteiger partial charge in [-0.15, -0.1) is 0 Å². The molecule has 0 unspecified atom stereocenters. The van der Waals surface area contributed by atoms with Crippen molar-refractivity contribution in [1.29, 1.82) is 0 Å². The van der Waals surface area contributed by atoms with Gasteiger partial charge in [0.05, 0.1) is 17.9 Å². The number of nitrogens with zero attached hydrogens (tertiary/aromatic N) is 3. The van der Waals surface area contributed by atoms with E-state index in [9.17, 15) is 9.18 Å². The number of ether oxygens (including phenoxy) is 2. The molecule has 3 aromatic rings. The van der Waals surface area contributed by atoms with Crippen molar-refractivity contribution in [1.82, 2.24) is 14.7 Å². The Balaban J connectivity index is 1.40. The number of aryl methyl sites for hydroxylation is 1. The first-order valence-electron chi connectivity index (χ1n) is 9.17. The number of likely N-dealkylation sites (N-methyl/N-ethyl adjacent to an activating group) is 1. The Labute approximate surface area is 167 Å². The van der Waals surface area contributed by atoms with Gasteiger partial charge in [0.25, 0.3) is 0 Å². The molecule has 0 radical (unpaired) electrons. The van der Waals surface area contributed by atoms with Crippen LogP contribution in [0.1, 0.15) is 11.3 Å². The summed E-state index contributed by atoms with van der Waals surface area (Å²) in [6.07, 6.45) is 0. The van der Waals surface area contributed by atoms with Crippen LogP contribution in [0.25, 0.3) is 5.69 Å². The second kappa shape index (κ2) is 7.92. The van der Waals surface area contributed by atoms with Gasteiger partial charge in [0.2, 0.25) is 12.7 Å². The number of nitrogens with one attached hydrogen (secondary N) is 1. The Bertz CT molecular complexity index is 1030.